The molecule has 2 aliphatic rings. The number of hydrogen-bond acceptors (Lipinski definition) is 4. The predicted molar refractivity (Wildman–Crippen MR) is 140 cm³/mol. The van der Waals surface area contributed by atoms with E-state index >= 15 is 4.39 Å². The van der Waals surface area contributed by atoms with Gasteiger partial charge in [-0.05, 0) is 80.7 Å². The van der Waals surface area contributed by atoms with Crippen LogP contribution in [-0.2, 0) is 11.2 Å². The minimum absolute atomic E-state index is 0.0671. The molecule has 4 heterocycles. The van der Waals surface area contributed by atoms with E-state index in [2.05, 4.69) is 14.7 Å². The summed E-state index contributed by atoms with van der Waals surface area (Å²) in [6.07, 6.45) is 0.542. The van der Waals surface area contributed by atoms with Crippen molar-refractivity contribution < 1.29 is 31.8 Å². The summed E-state index contributed by atoms with van der Waals surface area (Å²) in [5, 5.41) is 0.840. The molecular formula is C29H35F4N3O3. The fraction of sp³-hybridized carbons (Fsp3) is 0.517. The van der Waals surface area contributed by atoms with Crippen LogP contribution in [0.5, 0.6) is 5.75 Å². The smallest absolute Gasteiger partial charge is 0.406 e. The molecule has 0 spiro atoms. The maximum absolute atomic E-state index is 15.2. The minimum Gasteiger partial charge on any atom is -0.406 e. The Morgan fingerprint density at radius 3 is 2.36 bits per heavy atom. The van der Waals surface area contributed by atoms with Gasteiger partial charge in [-0.25, -0.2) is 9.37 Å². The number of nitrogens with one attached hydrogen (secondary N) is 1. The van der Waals surface area contributed by atoms with Crippen LogP contribution in [0.4, 0.5) is 17.6 Å². The monoisotopic (exact) mass is 549 g/mol. The number of carbonyl (C=O) groups excluding carboxylic acids is 1. The van der Waals surface area contributed by atoms with E-state index in [9.17, 15) is 18.0 Å². The molecule has 0 radical (unpaired) electrons. The Hall–Kier alpha value is -3.14. The highest BCUT2D eigenvalue weighted by molar-refractivity contribution is 5.94. The van der Waals surface area contributed by atoms with Gasteiger partial charge in [0.15, 0.2) is 0 Å². The van der Waals surface area contributed by atoms with Crippen LogP contribution in [0.25, 0.3) is 11.0 Å². The van der Waals surface area contributed by atoms with E-state index in [4.69, 9.17) is 4.74 Å². The number of benzene rings is 1. The van der Waals surface area contributed by atoms with E-state index < -0.39 is 6.36 Å². The number of alkyl halides is 3. The molecule has 39 heavy (non-hydrogen) atoms. The highest BCUT2D eigenvalue weighted by Crippen LogP contribution is 2.38. The van der Waals surface area contributed by atoms with E-state index in [0.717, 1.165) is 61.3 Å². The van der Waals surface area contributed by atoms with Gasteiger partial charge in [0, 0.05) is 48.5 Å². The normalized spacial score (nSPS) is 17.2. The highest BCUT2D eigenvalue weighted by Gasteiger charge is 2.32. The van der Waals surface area contributed by atoms with Crippen molar-refractivity contribution in [2.45, 2.75) is 65.2 Å². The number of ether oxygens (including phenoxy) is 2. The van der Waals surface area contributed by atoms with Crippen molar-refractivity contribution in [1.82, 2.24) is 14.9 Å². The number of H-pyrrole nitrogens is 1. The fourth-order valence-electron chi connectivity index (χ4n) is 5.56. The first-order valence-electron chi connectivity index (χ1n) is 13.6. The van der Waals surface area contributed by atoms with E-state index in [1.165, 1.54) is 18.3 Å². The highest BCUT2D eigenvalue weighted by atomic mass is 19.4. The van der Waals surface area contributed by atoms with Gasteiger partial charge in [0.1, 0.15) is 17.2 Å². The lowest BCUT2D eigenvalue weighted by atomic mass is 9.86. The first kappa shape index (κ1) is 28.9. The van der Waals surface area contributed by atoms with E-state index in [-0.39, 0.29) is 29.0 Å². The SMILES string of the molecule is CC.Cc1c(CC2CCOCC2)[nH]c2ncc(F)c(C3CCN(C(=O)c4ccc(OC(F)(F)F)cc4)CC3)c12. The molecule has 0 saturated carbocycles. The number of halogens is 4. The number of piperidine rings is 1. The molecule has 0 unspecified atom stereocenters. The van der Waals surface area contributed by atoms with Crippen molar-refractivity contribution in [2.24, 2.45) is 5.92 Å². The van der Waals surface area contributed by atoms with Gasteiger partial charge in [0.05, 0.1) is 6.20 Å². The fourth-order valence-corrected chi connectivity index (χ4v) is 5.56. The molecular weight excluding hydrogens is 514 g/mol. The molecule has 1 amide bonds. The van der Waals surface area contributed by atoms with Crippen LogP contribution in [-0.4, -0.2) is 53.4 Å². The second-order valence-corrected chi connectivity index (χ2v) is 9.87. The lowest BCUT2D eigenvalue weighted by Gasteiger charge is -2.32. The van der Waals surface area contributed by atoms with Gasteiger partial charge in [0.2, 0.25) is 0 Å². The standard InChI is InChI=1S/C27H29F4N3O3.C2H6/c1-16-22(14-17-8-12-36-13-9-17)33-25-23(16)24(21(28)15-32-25)18-6-10-34(11-7-18)26(35)19-2-4-20(5-3-19)37-27(29,30)31;1-2/h2-5,15,17-18H,6-14H2,1H3,(H,32,33);1-2H3. The number of pyridine rings is 1. The number of amides is 1. The molecule has 0 aliphatic carbocycles. The topological polar surface area (TPSA) is 67.5 Å². The van der Waals surface area contributed by atoms with Crippen molar-refractivity contribution in [3.05, 3.63) is 58.7 Å². The Morgan fingerprint density at radius 2 is 1.74 bits per heavy atom. The van der Waals surface area contributed by atoms with Crippen LogP contribution in [0, 0.1) is 18.7 Å². The zero-order valence-corrected chi connectivity index (χ0v) is 22.5. The minimum atomic E-state index is -4.79. The first-order chi connectivity index (χ1) is 18.7. The molecule has 1 aromatic carbocycles. The zero-order valence-electron chi connectivity index (χ0n) is 22.5. The summed E-state index contributed by atoms with van der Waals surface area (Å²) < 4.78 is 61.7. The average Bonchev–Trinajstić information content (AvgIpc) is 3.24. The summed E-state index contributed by atoms with van der Waals surface area (Å²) in [5.41, 5.74) is 3.74. The number of hydrogen-bond donors (Lipinski definition) is 1. The molecule has 2 fully saturated rings. The molecule has 0 atom stereocenters. The van der Waals surface area contributed by atoms with Gasteiger partial charge >= 0.3 is 6.36 Å². The molecule has 5 rings (SSSR count). The van der Waals surface area contributed by atoms with Gasteiger partial charge in [0.25, 0.3) is 5.91 Å². The number of rotatable bonds is 5. The number of likely N-dealkylation sites (tertiary alicyclic amines) is 1. The number of nitrogens with zero attached hydrogens (tertiary/aromatic N) is 2. The summed E-state index contributed by atoms with van der Waals surface area (Å²) in [4.78, 5) is 22.3. The Balaban J connectivity index is 0.00000172. The van der Waals surface area contributed by atoms with Crippen molar-refractivity contribution in [3.8, 4) is 5.75 Å². The van der Waals surface area contributed by atoms with E-state index in [1.54, 1.807) is 4.90 Å². The molecule has 10 heteroatoms. The Morgan fingerprint density at radius 1 is 1.10 bits per heavy atom. The Kier molecular flexibility index (Phi) is 9.15. The number of aryl methyl sites for hydroxylation is 1. The number of aromatic nitrogens is 2. The number of carbonyl (C=O) groups is 1. The second kappa shape index (κ2) is 12.4. The van der Waals surface area contributed by atoms with Gasteiger partial charge in [-0.2, -0.15) is 0 Å². The van der Waals surface area contributed by atoms with Crippen LogP contribution in [0.2, 0.25) is 0 Å². The molecule has 2 aromatic heterocycles. The summed E-state index contributed by atoms with van der Waals surface area (Å²) in [5.74, 6) is -0.524. The molecule has 2 saturated heterocycles. The first-order valence-corrected chi connectivity index (χ1v) is 13.6. The van der Waals surface area contributed by atoms with Gasteiger partial charge in [-0.1, -0.05) is 13.8 Å². The summed E-state index contributed by atoms with van der Waals surface area (Å²) in [7, 11) is 0. The van der Waals surface area contributed by atoms with Crippen LogP contribution >= 0.6 is 0 Å². The van der Waals surface area contributed by atoms with Crippen molar-refractivity contribution in [2.75, 3.05) is 26.3 Å². The third kappa shape index (κ3) is 6.72. The Bertz CT molecular complexity index is 1260. The van der Waals surface area contributed by atoms with Gasteiger partial charge < -0.3 is 19.4 Å². The third-order valence-electron chi connectivity index (χ3n) is 7.53. The summed E-state index contributed by atoms with van der Waals surface area (Å²) >= 11 is 0. The van der Waals surface area contributed by atoms with Crippen LogP contribution in [0.3, 0.4) is 0 Å². The lowest BCUT2D eigenvalue weighted by molar-refractivity contribution is -0.274. The molecule has 3 aromatic rings. The largest absolute Gasteiger partial charge is 0.573 e. The molecule has 0 bridgehead atoms. The summed E-state index contributed by atoms with van der Waals surface area (Å²) in [6, 6.07) is 4.90. The van der Waals surface area contributed by atoms with Crippen molar-refractivity contribution >= 4 is 16.9 Å². The van der Waals surface area contributed by atoms with Crippen molar-refractivity contribution in [1.29, 1.82) is 0 Å². The van der Waals surface area contributed by atoms with E-state index in [0.29, 0.717) is 43.1 Å². The predicted octanol–water partition coefficient (Wildman–Crippen LogP) is 6.92. The van der Waals surface area contributed by atoms with Crippen LogP contribution in [0.1, 0.15) is 72.6 Å². The quantitative estimate of drug-likeness (QED) is 0.351. The molecule has 1 N–H and O–H groups in total. The number of fused-ring (bicyclic) bond motifs is 1. The average molecular weight is 550 g/mol. The zero-order chi connectivity index (χ0) is 28.2. The maximum atomic E-state index is 15.2. The van der Waals surface area contributed by atoms with Crippen LogP contribution < -0.4 is 4.74 Å². The third-order valence-corrected chi connectivity index (χ3v) is 7.53. The second-order valence-electron chi connectivity index (χ2n) is 9.87. The van der Waals surface area contributed by atoms with Gasteiger partial charge in [-0.15, -0.1) is 13.2 Å². The van der Waals surface area contributed by atoms with Gasteiger partial charge in [-0.3, -0.25) is 4.79 Å². The van der Waals surface area contributed by atoms with Crippen LogP contribution in [0.15, 0.2) is 30.5 Å². The number of aromatic amines is 1. The lowest BCUT2D eigenvalue weighted by Crippen LogP contribution is -2.38. The molecule has 6 nitrogen and oxygen atoms in total. The Labute approximate surface area is 225 Å². The van der Waals surface area contributed by atoms with E-state index in [1.807, 2.05) is 20.8 Å². The van der Waals surface area contributed by atoms with Crippen molar-refractivity contribution in [3.63, 3.8) is 0 Å². The summed E-state index contributed by atoms with van der Waals surface area (Å²) in [6.45, 7) is 8.40. The molecule has 2 aliphatic heterocycles. The maximum Gasteiger partial charge on any atom is 0.573 e. The molecule has 212 valence electrons.